The molecular weight excluding hydrogens is 280 g/mol. The van der Waals surface area contributed by atoms with Crippen molar-refractivity contribution in [3.8, 4) is 6.07 Å². The SMILES string of the molecule is COC(=O)c1c(C)oc(NC(=O)c2cccs2)c1C#N. The lowest BCUT2D eigenvalue weighted by Crippen LogP contribution is -2.11. The third-order valence-corrected chi connectivity index (χ3v) is 3.43. The number of nitrogens with one attached hydrogen (secondary N) is 1. The highest BCUT2D eigenvalue weighted by atomic mass is 32.1. The number of methoxy groups -OCH3 is 1. The van der Waals surface area contributed by atoms with Gasteiger partial charge in [-0.1, -0.05) is 6.07 Å². The Labute approximate surface area is 118 Å². The van der Waals surface area contributed by atoms with Crippen LogP contribution in [-0.4, -0.2) is 19.0 Å². The fourth-order valence-corrected chi connectivity index (χ4v) is 2.28. The molecule has 2 aromatic heterocycles. The number of rotatable bonds is 3. The number of hydrogen-bond donors (Lipinski definition) is 1. The summed E-state index contributed by atoms with van der Waals surface area (Å²) in [5.74, 6) is -0.917. The van der Waals surface area contributed by atoms with Gasteiger partial charge in [0.1, 0.15) is 23.0 Å². The topological polar surface area (TPSA) is 92.3 Å². The largest absolute Gasteiger partial charge is 0.465 e. The number of carbonyl (C=O) groups is 2. The fraction of sp³-hybridized carbons (Fsp3) is 0.154. The minimum absolute atomic E-state index is 0.0245. The van der Waals surface area contributed by atoms with Crippen molar-refractivity contribution in [3.63, 3.8) is 0 Å². The second-order valence-corrected chi connectivity index (χ2v) is 4.72. The third kappa shape index (κ3) is 2.41. The van der Waals surface area contributed by atoms with Crippen LogP contribution in [0.15, 0.2) is 21.9 Å². The van der Waals surface area contributed by atoms with E-state index in [-0.39, 0.29) is 22.8 Å². The van der Waals surface area contributed by atoms with Crippen LogP contribution in [0.3, 0.4) is 0 Å². The van der Waals surface area contributed by atoms with Gasteiger partial charge in [0.2, 0.25) is 5.88 Å². The maximum atomic E-state index is 11.9. The molecule has 2 heterocycles. The van der Waals surface area contributed by atoms with Crippen LogP contribution >= 0.6 is 11.3 Å². The van der Waals surface area contributed by atoms with Crippen molar-refractivity contribution in [2.45, 2.75) is 6.92 Å². The summed E-state index contributed by atoms with van der Waals surface area (Å²) < 4.78 is 9.87. The number of nitriles is 1. The summed E-state index contributed by atoms with van der Waals surface area (Å²) in [6, 6.07) is 5.22. The maximum Gasteiger partial charge on any atom is 0.342 e. The molecule has 0 spiro atoms. The van der Waals surface area contributed by atoms with Gasteiger partial charge in [0.15, 0.2) is 0 Å². The average Bonchev–Trinajstić information content (AvgIpc) is 3.05. The number of furan rings is 1. The Bertz CT molecular complexity index is 695. The zero-order chi connectivity index (χ0) is 14.7. The Morgan fingerprint density at radius 2 is 2.25 bits per heavy atom. The van der Waals surface area contributed by atoms with Gasteiger partial charge in [-0.15, -0.1) is 11.3 Å². The summed E-state index contributed by atoms with van der Waals surface area (Å²) in [6.07, 6.45) is 0. The molecule has 6 nitrogen and oxygen atoms in total. The van der Waals surface area contributed by atoms with Gasteiger partial charge in [0.25, 0.3) is 5.91 Å². The maximum absolute atomic E-state index is 11.9. The van der Waals surface area contributed by atoms with Gasteiger partial charge in [0, 0.05) is 0 Å². The number of esters is 1. The molecule has 20 heavy (non-hydrogen) atoms. The summed E-state index contributed by atoms with van der Waals surface area (Å²) in [5, 5.41) is 13.4. The third-order valence-electron chi connectivity index (χ3n) is 2.56. The highest BCUT2D eigenvalue weighted by Crippen LogP contribution is 2.27. The number of ether oxygens (including phenoxy) is 1. The number of hydrogen-bond acceptors (Lipinski definition) is 6. The molecule has 7 heteroatoms. The van der Waals surface area contributed by atoms with Crippen LogP contribution in [0.2, 0.25) is 0 Å². The first kappa shape index (κ1) is 13.8. The molecule has 0 unspecified atom stereocenters. The van der Waals surface area contributed by atoms with E-state index < -0.39 is 11.9 Å². The van der Waals surface area contributed by atoms with E-state index in [0.29, 0.717) is 4.88 Å². The highest BCUT2D eigenvalue weighted by Gasteiger charge is 2.25. The lowest BCUT2D eigenvalue weighted by Gasteiger charge is -1.99. The second-order valence-electron chi connectivity index (χ2n) is 3.77. The normalized spacial score (nSPS) is 9.85. The molecule has 0 aliphatic carbocycles. The van der Waals surface area contributed by atoms with Crippen molar-refractivity contribution in [2.75, 3.05) is 12.4 Å². The summed E-state index contributed by atoms with van der Waals surface area (Å²) in [5.41, 5.74) is -0.0178. The number of thiophene rings is 1. The molecule has 0 atom stereocenters. The van der Waals surface area contributed by atoms with E-state index in [0.717, 1.165) is 0 Å². The van der Waals surface area contributed by atoms with E-state index in [9.17, 15) is 9.59 Å². The van der Waals surface area contributed by atoms with Gasteiger partial charge < -0.3 is 9.15 Å². The predicted molar refractivity (Wildman–Crippen MR) is 71.8 cm³/mol. The van der Waals surface area contributed by atoms with Gasteiger partial charge in [-0.2, -0.15) is 5.26 Å². The highest BCUT2D eigenvalue weighted by molar-refractivity contribution is 7.12. The number of anilines is 1. The minimum atomic E-state index is -0.681. The van der Waals surface area contributed by atoms with Crippen molar-refractivity contribution in [2.24, 2.45) is 0 Å². The minimum Gasteiger partial charge on any atom is -0.465 e. The Hall–Kier alpha value is -2.59. The molecule has 0 fully saturated rings. The van der Waals surface area contributed by atoms with Gasteiger partial charge in [-0.3, -0.25) is 10.1 Å². The van der Waals surface area contributed by atoms with E-state index in [1.807, 2.05) is 6.07 Å². The van der Waals surface area contributed by atoms with Crippen molar-refractivity contribution >= 4 is 29.1 Å². The Morgan fingerprint density at radius 1 is 1.50 bits per heavy atom. The lowest BCUT2D eigenvalue weighted by atomic mass is 10.1. The van der Waals surface area contributed by atoms with E-state index in [1.165, 1.54) is 25.4 Å². The van der Waals surface area contributed by atoms with Crippen LogP contribution in [0, 0.1) is 18.3 Å². The summed E-state index contributed by atoms with van der Waals surface area (Å²) in [6.45, 7) is 1.52. The number of carbonyl (C=O) groups excluding carboxylic acids is 2. The van der Waals surface area contributed by atoms with Crippen molar-refractivity contribution in [3.05, 3.63) is 39.3 Å². The number of amides is 1. The lowest BCUT2D eigenvalue weighted by molar-refractivity contribution is 0.0598. The molecule has 1 amide bonds. The average molecular weight is 290 g/mol. The van der Waals surface area contributed by atoms with E-state index in [1.54, 1.807) is 17.5 Å². The Kier molecular flexibility index (Phi) is 3.86. The van der Waals surface area contributed by atoms with E-state index >= 15 is 0 Å². The first-order chi connectivity index (χ1) is 9.58. The van der Waals surface area contributed by atoms with Gasteiger partial charge in [0.05, 0.1) is 12.0 Å². The standard InChI is InChI=1S/C13H10N2O4S/c1-7-10(13(17)18-2)8(6-14)12(19-7)15-11(16)9-4-3-5-20-9/h3-5H,1-2H3,(H,15,16). The van der Waals surface area contributed by atoms with Crippen LogP contribution in [-0.2, 0) is 4.74 Å². The molecule has 0 radical (unpaired) electrons. The quantitative estimate of drug-likeness (QED) is 0.877. The van der Waals surface area contributed by atoms with Crippen molar-refractivity contribution in [1.82, 2.24) is 0 Å². The van der Waals surface area contributed by atoms with E-state index in [2.05, 4.69) is 10.1 Å². The molecule has 2 aromatic rings. The number of nitrogens with zero attached hydrogens (tertiary/aromatic N) is 1. The second kappa shape index (κ2) is 5.59. The monoisotopic (exact) mass is 290 g/mol. The molecule has 0 saturated heterocycles. The molecule has 102 valence electrons. The molecule has 0 saturated carbocycles. The summed E-state index contributed by atoms with van der Waals surface area (Å²) in [4.78, 5) is 24.0. The van der Waals surface area contributed by atoms with Crippen LogP contribution in [0.25, 0.3) is 0 Å². The molecule has 0 aliphatic rings. The smallest absolute Gasteiger partial charge is 0.342 e. The molecule has 0 aliphatic heterocycles. The molecule has 1 N–H and O–H groups in total. The van der Waals surface area contributed by atoms with Crippen LogP contribution in [0.1, 0.15) is 31.4 Å². The van der Waals surface area contributed by atoms with Crippen LogP contribution in [0.4, 0.5) is 5.88 Å². The zero-order valence-electron chi connectivity index (χ0n) is 10.7. The molecule has 0 aromatic carbocycles. The van der Waals surface area contributed by atoms with Gasteiger partial charge >= 0.3 is 5.97 Å². The van der Waals surface area contributed by atoms with Crippen molar-refractivity contribution in [1.29, 1.82) is 5.26 Å². The van der Waals surface area contributed by atoms with Crippen molar-refractivity contribution < 1.29 is 18.7 Å². The van der Waals surface area contributed by atoms with Gasteiger partial charge in [-0.25, -0.2) is 4.79 Å². The summed E-state index contributed by atoms with van der Waals surface area (Å²) in [7, 11) is 1.21. The van der Waals surface area contributed by atoms with E-state index in [4.69, 9.17) is 9.68 Å². The Balaban J connectivity index is 2.36. The zero-order valence-corrected chi connectivity index (χ0v) is 11.5. The predicted octanol–water partition coefficient (Wildman–Crippen LogP) is 2.56. The number of aryl methyl sites for hydroxylation is 1. The Morgan fingerprint density at radius 3 is 2.80 bits per heavy atom. The van der Waals surface area contributed by atoms with Crippen LogP contribution < -0.4 is 5.32 Å². The fourth-order valence-electron chi connectivity index (χ4n) is 1.66. The van der Waals surface area contributed by atoms with Crippen LogP contribution in [0.5, 0.6) is 0 Å². The first-order valence-corrected chi connectivity index (χ1v) is 6.43. The molecular formula is C13H10N2O4S. The molecule has 2 rings (SSSR count). The first-order valence-electron chi connectivity index (χ1n) is 5.55. The summed E-state index contributed by atoms with van der Waals surface area (Å²) >= 11 is 1.26. The molecule has 0 bridgehead atoms. The van der Waals surface area contributed by atoms with Gasteiger partial charge in [-0.05, 0) is 18.4 Å².